The quantitative estimate of drug-likeness (QED) is 0.504. The third kappa shape index (κ3) is 3.99. The van der Waals surface area contributed by atoms with Gasteiger partial charge in [-0.2, -0.15) is 0 Å². The molecule has 3 aromatic carbocycles. The van der Waals surface area contributed by atoms with E-state index in [0.29, 0.717) is 15.6 Å². The summed E-state index contributed by atoms with van der Waals surface area (Å²) in [7, 11) is 0. The molecule has 30 heavy (non-hydrogen) atoms. The van der Waals surface area contributed by atoms with E-state index in [-0.39, 0.29) is 11.6 Å². The number of thioether (sulfide) groups is 1. The van der Waals surface area contributed by atoms with E-state index >= 15 is 0 Å². The summed E-state index contributed by atoms with van der Waals surface area (Å²) in [4.78, 5) is 29.0. The molecule has 0 unspecified atom stereocenters. The van der Waals surface area contributed by atoms with E-state index in [4.69, 9.17) is 11.6 Å². The van der Waals surface area contributed by atoms with Crippen LogP contribution in [0.4, 0.5) is 11.4 Å². The van der Waals surface area contributed by atoms with E-state index < -0.39 is 5.91 Å². The maximum absolute atomic E-state index is 13.3. The molecular weight excluding hydrogens is 416 g/mol. The van der Waals surface area contributed by atoms with Crippen molar-refractivity contribution in [2.75, 3.05) is 10.2 Å². The second-order valence-corrected chi connectivity index (χ2v) is 8.48. The maximum Gasteiger partial charge on any atom is 0.283 e. The monoisotopic (exact) mass is 434 g/mol. The van der Waals surface area contributed by atoms with Crippen molar-refractivity contribution in [3.05, 3.63) is 99.5 Å². The SMILES string of the molecule is Cc1ccc(SC2=C(Nc3ccccc3)C(=O)N(c3ccc(C)c(Cl)c3)C2=O)cc1. The molecule has 0 atom stereocenters. The first-order valence-electron chi connectivity index (χ1n) is 9.40. The van der Waals surface area contributed by atoms with E-state index in [2.05, 4.69) is 5.32 Å². The lowest BCUT2D eigenvalue weighted by molar-refractivity contribution is -0.120. The highest BCUT2D eigenvalue weighted by molar-refractivity contribution is 8.04. The molecule has 3 aromatic rings. The number of imide groups is 1. The van der Waals surface area contributed by atoms with Crippen molar-refractivity contribution in [1.29, 1.82) is 0 Å². The number of anilines is 2. The summed E-state index contributed by atoms with van der Waals surface area (Å²) >= 11 is 7.53. The number of hydrogen-bond acceptors (Lipinski definition) is 4. The second-order valence-electron chi connectivity index (χ2n) is 6.99. The van der Waals surface area contributed by atoms with Crippen LogP contribution in [0.25, 0.3) is 0 Å². The average Bonchev–Trinajstić information content (AvgIpc) is 2.96. The summed E-state index contributed by atoms with van der Waals surface area (Å²) < 4.78 is 0. The van der Waals surface area contributed by atoms with Gasteiger partial charge in [0.25, 0.3) is 11.8 Å². The van der Waals surface area contributed by atoms with Gasteiger partial charge < -0.3 is 5.32 Å². The number of halogens is 1. The van der Waals surface area contributed by atoms with Crippen LogP contribution in [0.15, 0.2) is 88.3 Å². The first-order valence-corrected chi connectivity index (χ1v) is 10.6. The van der Waals surface area contributed by atoms with Crippen LogP contribution >= 0.6 is 23.4 Å². The number of benzene rings is 3. The third-order valence-corrected chi connectivity index (χ3v) is 6.24. The van der Waals surface area contributed by atoms with Gasteiger partial charge in [0, 0.05) is 15.6 Å². The number of carbonyl (C=O) groups is 2. The maximum atomic E-state index is 13.3. The lowest BCUT2D eigenvalue weighted by Gasteiger charge is -2.16. The van der Waals surface area contributed by atoms with Crippen molar-refractivity contribution < 1.29 is 9.59 Å². The molecular formula is C24H19ClN2O2S. The van der Waals surface area contributed by atoms with Crippen LogP contribution in [-0.4, -0.2) is 11.8 Å². The smallest absolute Gasteiger partial charge is 0.283 e. The molecule has 1 heterocycles. The van der Waals surface area contributed by atoms with Gasteiger partial charge in [-0.3, -0.25) is 9.59 Å². The van der Waals surface area contributed by atoms with Crippen LogP contribution in [0.5, 0.6) is 0 Å². The largest absolute Gasteiger partial charge is 0.350 e. The summed E-state index contributed by atoms with van der Waals surface area (Å²) in [5.74, 6) is -0.776. The molecule has 1 N–H and O–H groups in total. The highest BCUT2D eigenvalue weighted by Crippen LogP contribution is 2.38. The van der Waals surface area contributed by atoms with E-state index in [0.717, 1.165) is 21.7 Å². The van der Waals surface area contributed by atoms with Crippen LogP contribution in [-0.2, 0) is 9.59 Å². The predicted molar refractivity (Wildman–Crippen MR) is 123 cm³/mol. The molecule has 0 radical (unpaired) electrons. The summed E-state index contributed by atoms with van der Waals surface area (Å²) in [6, 6.07) is 22.3. The Hall–Kier alpha value is -3.02. The van der Waals surface area contributed by atoms with Gasteiger partial charge in [-0.05, 0) is 55.8 Å². The first-order chi connectivity index (χ1) is 14.4. The van der Waals surface area contributed by atoms with Gasteiger partial charge in [0.2, 0.25) is 0 Å². The van der Waals surface area contributed by atoms with Crippen LogP contribution in [0, 0.1) is 13.8 Å². The van der Waals surface area contributed by atoms with Crippen LogP contribution in [0.1, 0.15) is 11.1 Å². The standard InChI is InChI=1S/C24H19ClN2O2S/c1-15-8-12-19(13-9-15)30-22-21(26-17-6-4-3-5-7-17)23(28)27(24(22)29)18-11-10-16(2)20(25)14-18/h3-14,26H,1-2H3. The number of carbonyl (C=O) groups excluding carboxylic acids is 2. The molecule has 2 amide bonds. The topological polar surface area (TPSA) is 49.4 Å². The van der Waals surface area contributed by atoms with E-state index in [9.17, 15) is 9.59 Å². The van der Waals surface area contributed by atoms with Crippen LogP contribution in [0.2, 0.25) is 5.02 Å². The van der Waals surface area contributed by atoms with Crippen molar-refractivity contribution in [3.63, 3.8) is 0 Å². The Labute approximate surface area is 184 Å². The fraction of sp³-hybridized carbons (Fsp3) is 0.0833. The van der Waals surface area contributed by atoms with Gasteiger partial charge in [0.15, 0.2) is 0 Å². The Morgan fingerprint density at radius 2 is 1.57 bits per heavy atom. The second kappa shape index (κ2) is 8.38. The zero-order chi connectivity index (χ0) is 21.3. The molecule has 1 aliphatic heterocycles. The Balaban J connectivity index is 1.75. The number of nitrogens with one attached hydrogen (secondary N) is 1. The van der Waals surface area contributed by atoms with Gasteiger partial charge in [-0.1, -0.05) is 65.3 Å². The summed E-state index contributed by atoms with van der Waals surface area (Å²) in [5.41, 5.74) is 3.45. The Bertz CT molecular complexity index is 1160. The molecule has 0 fully saturated rings. The molecule has 4 nitrogen and oxygen atoms in total. The molecule has 0 aliphatic carbocycles. The number of aryl methyl sites for hydroxylation is 2. The highest BCUT2D eigenvalue weighted by Gasteiger charge is 2.40. The van der Waals surface area contributed by atoms with Gasteiger partial charge >= 0.3 is 0 Å². The van der Waals surface area contributed by atoms with Gasteiger partial charge in [-0.25, -0.2) is 4.90 Å². The molecule has 0 saturated carbocycles. The van der Waals surface area contributed by atoms with Gasteiger partial charge in [-0.15, -0.1) is 0 Å². The molecule has 0 saturated heterocycles. The third-order valence-electron chi connectivity index (χ3n) is 4.74. The number of nitrogens with zero attached hydrogens (tertiary/aromatic N) is 1. The highest BCUT2D eigenvalue weighted by atomic mass is 35.5. The zero-order valence-corrected chi connectivity index (χ0v) is 18.1. The van der Waals surface area contributed by atoms with Gasteiger partial charge in [0.05, 0.1) is 5.69 Å². The Kier molecular flexibility index (Phi) is 5.66. The number of amides is 2. The summed E-state index contributed by atoms with van der Waals surface area (Å²) in [6.07, 6.45) is 0. The lowest BCUT2D eigenvalue weighted by Crippen LogP contribution is -2.32. The molecule has 0 aromatic heterocycles. The number of para-hydroxylation sites is 1. The zero-order valence-electron chi connectivity index (χ0n) is 16.5. The van der Waals surface area contributed by atoms with E-state index in [1.54, 1.807) is 18.2 Å². The molecule has 1 aliphatic rings. The Morgan fingerprint density at radius 1 is 0.867 bits per heavy atom. The fourth-order valence-electron chi connectivity index (χ4n) is 3.06. The molecule has 0 spiro atoms. The van der Waals surface area contributed by atoms with Crippen LogP contribution < -0.4 is 10.2 Å². The van der Waals surface area contributed by atoms with Crippen molar-refractivity contribution in [2.45, 2.75) is 18.7 Å². The summed E-state index contributed by atoms with van der Waals surface area (Å²) in [6.45, 7) is 3.88. The first kappa shape index (κ1) is 20.3. The van der Waals surface area contributed by atoms with E-state index in [1.165, 1.54) is 16.7 Å². The molecule has 6 heteroatoms. The van der Waals surface area contributed by atoms with Crippen molar-refractivity contribution in [1.82, 2.24) is 0 Å². The average molecular weight is 435 g/mol. The van der Waals surface area contributed by atoms with Crippen LogP contribution in [0.3, 0.4) is 0 Å². The number of rotatable bonds is 5. The van der Waals surface area contributed by atoms with Crippen molar-refractivity contribution in [3.8, 4) is 0 Å². The fourth-order valence-corrected chi connectivity index (χ4v) is 4.16. The minimum Gasteiger partial charge on any atom is -0.350 e. The minimum absolute atomic E-state index is 0.258. The number of hydrogen-bond donors (Lipinski definition) is 1. The predicted octanol–water partition coefficient (Wildman–Crippen LogP) is 5.95. The van der Waals surface area contributed by atoms with Gasteiger partial charge in [0.1, 0.15) is 10.6 Å². The van der Waals surface area contributed by atoms with E-state index in [1.807, 2.05) is 68.4 Å². The minimum atomic E-state index is -0.404. The summed E-state index contributed by atoms with van der Waals surface area (Å²) in [5, 5.41) is 3.65. The molecule has 0 bridgehead atoms. The van der Waals surface area contributed by atoms with Crippen molar-refractivity contribution in [2.24, 2.45) is 0 Å². The lowest BCUT2D eigenvalue weighted by atomic mass is 10.2. The molecule has 4 rings (SSSR count). The van der Waals surface area contributed by atoms with Crippen molar-refractivity contribution >= 4 is 46.6 Å². The Morgan fingerprint density at radius 3 is 2.23 bits per heavy atom. The normalized spacial score (nSPS) is 13.9. The molecule has 150 valence electrons.